The van der Waals surface area contributed by atoms with E-state index in [0.717, 1.165) is 31.5 Å². The van der Waals surface area contributed by atoms with Gasteiger partial charge in [0.15, 0.2) is 5.78 Å². The highest BCUT2D eigenvalue weighted by Gasteiger charge is 2.18. The standard InChI is InChI=1S/C30H23BrN2O2S/c31-22-16-14-20(15-17-22)27-29(25-12-6-7-13-26(25)33-27)36-19-18-32-30(35)24-11-5-4-10-23(24)28(34)21-8-2-1-3-9-21/h1-17,33H,18-19H2,(H,32,35). The van der Waals surface area contributed by atoms with E-state index in [9.17, 15) is 9.59 Å². The summed E-state index contributed by atoms with van der Waals surface area (Å²) >= 11 is 5.21. The Balaban J connectivity index is 1.30. The highest BCUT2D eigenvalue weighted by Crippen LogP contribution is 2.37. The fourth-order valence-corrected chi connectivity index (χ4v) is 5.44. The van der Waals surface area contributed by atoms with Crippen molar-refractivity contribution in [3.05, 3.63) is 124 Å². The molecule has 0 aliphatic carbocycles. The number of thioether (sulfide) groups is 1. The van der Waals surface area contributed by atoms with Crippen LogP contribution in [0, 0.1) is 0 Å². The van der Waals surface area contributed by atoms with E-state index >= 15 is 0 Å². The zero-order valence-corrected chi connectivity index (χ0v) is 21.7. The fourth-order valence-electron chi connectivity index (χ4n) is 4.12. The third-order valence-corrected chi connectivity index (χ3v) is 7.53. The number of carbonyl (C=O) groups excluding carboxylic acids is 2. The van der Waals surface area contributed by atoms with Crippen LogP contribution in [0.15, 0.2) is 112 Å². The van der Waals surface area contributed by atoms with E-state index in [0.29, 0.717) is 29.0 Å². The lowest BCUT2D eigenvalue weighted by molar-refractivity contribution is 0.0944. The van der Waals surface area contributed by atoms with Gasteiger partial charge in [-0.15, -0.1) is 11.8 Å². The van der Waals surface area contributed by atoms with E-state index in [1.165, 1.54) is 0 Å². The molecule has 36 heavy (non-hydrogen) atoms. The number of rotatable bonds is 8. The number of benzene rings is 4. The first-order chi connectivity index (χ1) is 17.6. The second kappa shape index (κ2) is 11.0. The molecule has 0 saturated heterocycles. The molecule has 1 amide bonds. The third-order valence-electron chi connectivity index (χ3n) is 5.88. The van der Waals surface area contributed by atoms with Gasteiger partial charge in [-0.05, 0) is 29.8 Å². The van der Waals surface area contributed by atoms with Crippen LogP contribution in [-0.2, 0) is 0 Å². The van der Waals surface area contributed by atoms with Crippen molar-refractivity contribution < 1.29 is 9.59 Å². The summed E-state index contributed by atoms with van der Waals surface area (Å²) in [4.78, 5) is 30.7. The first-order valence-corrected chi connectivity index (χ1v) is 13.4. The Bertz CT molecular complexity index is 1530. The fraction of sp³-hybridized carbons (Fsp3) is 0.0667. The SMILES string of the molecule is O=C(NCCSc1c(-c2ccc(Br)cc2)[nH]c2ccccc12)c1ccccc1C(=O)c1ccccc1. The van der Waals surface area contributed by atoms with Crippen molar-refractivity contribution >= 4 is 50.3 Å². The van der Waals surface area contributed by atoms with Gasteiger partial charge in [-0.1, -0.05) is 94.8 Å². The lowest BCUT2D eigenvalue weighted by atomic mass is 9.98. The summed E-state index contributed by atoms with van der Waals surface area (Å²) in [5.74, 6) is 0.280. The molecule has 5 rings (SSSR count). The van der Waals surface area contributed by atoms with Crippen molar-refractivity contribution in [2.75, 3.05) is 12.3 Å². The smallest absolute Gasteiger partial charge is 0.252 e. The predicted molar refractivity (Wildman–Crippen MR) is 151 cm³/mol. The molecule has 1 aromatic heterocycles. The normalized spacial score (nSPS) is 10.9. The van der Waals surface area contributed by atoms with Crippen LogP contribution in [0.1, 0.15) is 26.3 Å². The summed E-state index contributed by atoms with van der Waals surface area (Å²) in [6.45, 7) is 0.469. The number of aromatic amines is 1. The van der Waals surface area contributed by atoms with Crippen LogP contribution in [-0.4, -0.2) is 29.0 Å². The number of hydrogen-bond donors (Lipinski definition) is 2. The molecule has 0 atom stereocenters. The predicted octanol–water partition coefficient (Wildman–Crippen LogP) is 7.35. The minimum atomic E-state index is -0.248. The molecule has 2 N–H and O–H groups in total. The number of aromatic nitrogens is 1. The average molecular weight is 555 g/mol. The van der Waals surface area contributed by atoms with Gasteiger partial charge in [0.2, 0.25) is 0 Å². The molecule has 178 valence electrons. The second-order valence-corrected chi connectivity index (χ2v) is 10.2. The lowest BCUT2D eigenvalue weighted by Crippen LogP contribution is -2.27. The summed E-state index contributed by atoms with van der Waals surface area (Å²) in [6.07, 6.45) is 0. The van der Waals surface area contributed by atoms with E-state index in [1.54, 1.807) is 48.2 Å². The quantitative estimate of drug-likeness (QED) is 0.120. The summed E-state index contributed by atoms with van der Waals surface area (Å²) in [5.41, 5.74) is 4.61. The van der Waals surface area contributed by atoms with E-state index in [1.807, 2.05) is 42.5 Å². The number of H-pyrrole nitrogens is 1. The van der Waals surface area contributed by atoms with Crippen LogP contribution in [0.5, 0.6) is 0 Å². The Labute approximate surface area is 222 Å². The van der Waals surface area contributed by atoms with Crippen molar-refractivity contribution in [3.8, 4) is 11.3 Å². The molecule has 6 heteroatoms. The van der Waals surface area contributed by atoms with Crippen LogP contribution in [0.2, 0.25) is 0 Å². The second-order valence-electron chi connectivity index (χ2n) is 8.23. The van der Waals surface area contributed by atoms with Crippen LogP contribution in [0.4, 0.5) is 0 Å². The van der Waals surface area contributed by atoms with Gasteiger partial charge >= 0.3 is 0 Å². The van der Waals surface area contributed by atoms with E-state index < -0.39 is 0 Å². The van der Waals surface area contributed by atoms with Crippen molar-refractivity contribution in [2.45, 2.75) is 4.90 Å². The summed E-state index contributed by atoms with van der Waals surface area (Å²) in [6, 6.07) is 32.5. The summed E-state index contributed by atoms with van der Waals surface area (Å²) in [5, 5.41) is 4.15. The lowest BCUT2D eigenvalue weighted by Gasteiger charge is -2.10. The maximum absolute atomic E-state index is 13.0. The Morgan fingerprint density at radius 2 is 1.44 bits per heavy atom. The summed E-state index contributed by atoms with van der Waals surface area (Å²) in [7, 11) is 0. The minimum absolute atomic E-state index is 0.159. The molecule has 0 aliphatic heterocycles. The zero-order valence-electron chi connectivity index (χ0n) is 19.3. The third kappa shape index (κ3) is 5.15. The largest absolute Gasteiger partial charge is 0.354 e. The first-order valence-electron chi connectivity index (χ1n) is 11.6. The van der Waals surface area contributed by atoms with E-state index in [4.69, 9.17) is 0 Å². The minimum Gasteiger partial charge on any atom is -0.354 e. The van der Waals surface area contributed by atoms with Crippen molar-refractivity contribution in [1.29, 1.82) is 0 Å². The molecule has 5 aromatic rings. The Hall–Kier alpha value is -3.61. The first kappa shape index (κ1) is 24.1. The van der Waals surface area contributed by atoms with Gasteiger partial charge in [0.05, 0.1) is 11.3 Å². The molecule has 0 radical (unpaired) electrons. The van der Waals surface area contributed by atoms with Crippen LogP contribution < -0.4 is 5.32 Å². The average Bonchev–Trinajstić information content (AvgIpc) is 3.30. The van der Waals surface area contributed by atoms with Crippen molar-refractivity contribution in [1.82, 2.24) is 10.3 Å². The van der Waals surface area contributed by atoms with Crippen LogP contribution in [0.3, 0.4) is 0 Å². The number of para-hydroxylation sites is 1. The number of fused-ring (bicyclic) bond motifs is 1. The van der Waals surface area contributed by atoms with E-state index in [-0.39, 0.29) is 11.7 Å². The number of amides is 1. The number of ketones is 1. The molecule has 4 nitrogen and oxygen atoms in total. The van der Waals surface area contributed by atoms with Crippen LogP contribution >= 0.6 is 27.7 Å². The molecule has 4 aromatic carbocycles. The number of hydrogen-bond acceptors (Lipinski definition) is 3. The topological polar surface area (TPSA) is 62.0 Å². The Morgan fingerprint density at radius 1 is 0.778 bits per heavy atom. The molecule has 0 unspecified atom stereocenters. The molecular weight excluding hydrogens is 532 g/mol. The maximum Gasteiger partial charge on any atom is 0.252 e. The molecular formula is C30H23BrN2O2S. The zero-order chi connectivity index (χ0) is 24.9. The monoisotopic (exact) mass is 554 g/mol. The molecule has 1 heterocycles. The van der Waals surface area contributed by atoms with Gasteiger partial charge in [0, 0.05) is 43.7 Å². The Morgan fingerprint density at radius 3 is 2.22 bits per heavy atom. The number of nitrogens with one attached hydrogen (secondary N) is 2. The van der Waals surface area contributed by atoms with Crippen molar-refractivity contribution in [2.24, 2.45) is 0 Å². The molecule has 0 spiro atoms. The van der Waals surface area contributed by atoms with E-state index in [2.05, 4.69) is 50.5 Å². The van der Waals surface area contributed by atoms with Gasteiger partial charge in [0.1, 0.15) is 0 Å². The van der Waals surface area contributed by atoms with Gasteiger partial charge in [0.25, 0.3) is 5.91 Å². The highest BCUT2D eigenvalue weighted by molar-refractivity contribution is 9.10. The van der Waals surface area contributed by atoms with Gasteiger partial charge < -0.3 is 10.3 Å². The van der Waals surface area contributed by atoms with Gasteiger partial charge in [-0.3, -0.25) is 9.59 Å². The number of halogens is 1. The van der Waals surface area contributed by atoms with Gasteiger partial charge in [-0.25, -0.2) is 0 Å². The summed E-state index contributed by atoms with van der Waals surface area (Å²) < 4.78 is 1.03. The number of carbonyl (C=O) groups is 2. The van der Waals surface area contributed by atoms with Crippen LogP contribution in [0.25, 0.3) is 22.2 Å². The molecule has 0 fully saturated rings. The van der Waals surface area contributed by atoms with Gasteiger partial charge in [-0.2, -0.15) is 0 Å². The molecule has 0 saturated carbocycles. The highest BCUT2D eigenvalue weighted by atomic mass is 79.9. The molecule has 0 aliphatic rings. The Kier molecular flexibility index (Phi) is 7.35. The van der Waals surface area contributed by atoms with Crippen molar-refractivity contribution in [3.63, 3.8) is 0 Å². The molecule has 0 bridgehead atoms. The maximum atomic E-state index is 13.0.